The molecule has 0 aromatic carbocycles. The van der Waals surface area contributed by atoms with Crippen LogP contribution < -0.4 is 0 Å². The molecule has 10 heavy (non-hydrogen) atoms. The predicted octanol–water partition coefficient (Wildman–Crippen LogP) is 1.04. The molecule has 1 aromatic rings. The average molecular weight is 133 g/mol. The maximum absolute atomic E-state index is 4.19. The van der Waals surface area contributed by atoms with Gasteiger partial charge in [0.1, 0.15) is 0 Å². The van der Waals surface area contributed by atoms with Crippen LogP contribution in [-0.4, -0.2) is 16.2 Å². The lowest BCUT2D eigenvalue weighted by Gasteiger charge is -1.94. The van der Waals surface area contributed by atoms with Crippen molar-refractivity contribution in [1.82, 2.24) is 9.97 Å². The van der Waals surface area contributed by atoms with Crippen LogP contribution in [0.2, 0.25) is 0 Å². The van der Waals surface area contributed by atoms with Crippen molar-refractivity contribution < 1.29 is 0 Å². The predicted molar refractivity (Wildman–Crippen MR) is 38.6 cm³/mol. The monoisotopic (exact) mass is 133 g/mol. The van der Waals surface area contributed by atoms with E-state index in [0.29, 0.717) is 0 Å². The molecule has 0 unspecified atom stereocenters. The molecule has 0 amide bonds. The number of fused-ring (bicyclic) bond motifs is 1. The largest absolute Gasteiger partial charge is 0.255 e. The van der Waals surface area contributed by atoms with E-state index < -0.39 is 0 Å². The number of hydrogen-bond donors (Lipinski definition) is 0. The molecular formula is C7H7N3. The summed E-state index contributed by atoms with van der Waals surface area (Å²) in [6.07, 6.45) is 4.44. The third-order valence-electron chi connectivity index (χ3n) is 1.45. The molecule has 0 aliphatic carbocycles. The van der Waals surface area contributed by atoms with E-state index in [1.54, 1.807) is 6.20 Å². The third-order valence-corrected chi connectivity index (χ3v) is 1.45. The highest BCUT2D eigenvalue weighted by Crippen LogP contribution is 2.17. The van der Waals surface area contributed by atoms with Crippen molar-refractivity contribution in [3.05, 3.63) is 17.6 Å². The van der Waals surface area contributed by atoms with Gasteiger partial charge in [-0.2, -0.15) is 0 Å². The summed E-state index contributed by atoms with van der Waals surface area (Å²) in [4.78, 5) is 12.4. The lowest BCUT2D eigenvalue weighted by Crippen LogP contribution is -1.89. The Morgan fingerprint density at radius 3 is 3.30 bits per heavy atom. The standard InChI is InChI=1S/C7H7N3/c1-5-4-9-6-2-3-8-7(6)10-5/h3-4H,2H2,1H3. The first-order chi connectivity index (χ1) is 4.86. The molecule has 0 saturated heterocycles. The van der Waals surface area contributed by atoms with Gasteiger partial charge in [0, 0.05) is 18.8 Å². The molecule has 0 fully saturated rings. The van der Waals surface area contributed by atoms with Gasteiger partial charge in [-0.1, -0.05) is 0 Å². The molecule has 0 bridgehead atoms. The third kappa shape index (κ3) is 0.708. The van der Waals surface area contributed by atoms with Gasteiger partial charge < -0.3 is 0 Å². The lowest BCUT2D eigenvalue weighted by molar-refractivity contribution is 1.06. The van der Waals surface area contributed by atoms with Crippen molar-refractivity contribution in [2.75, 3.05) is 0 Å². The fourth-order valence-electron chi connectivity index (χ4n) is 0.955. The summed E-state index contributed by atoms with van der Waals surface area (Å²) in [5.41, 5.74) is 1.92. The fourth-order valence-corrected chi connectivity index (χ4v) is 0.955. The van der Waals surface area contributed by atoms with E-state index in [9.17, 15) is 0 Å². The highest BCUT2D eigenvalue weighted by Gasteiger charge is 2.07. The summed E-state index contributed by atoms with van der Waals surface area (Å²) in [6.45, 7) is 1.92. The Bertz CT molecular complexity index is 291. The number of aliphatic imine (C=N–C) groups is 1. The van der Waals surface area contributed by atoms with Gasteiger partial charge in [-0.05, 0) is 6.92 Å². The second kappa shape index (κ2) is 1.87. The van der Waals surface area contributed by atoms with Gasteiger partial charge in [-0.3, -0.25) is 4.98 Å². The van der Waals surface area contributed by atoms with Gasteiger partial charge in [0.2, 0.25) is 0 Å². The van der Waals surface area contributed by atoms with Crippen LogP contribution in [0.4, 0.5) is 5.82 Å². The van der Waals surface area contributed by atoms with E-state index in [-0.39, 0.29) is 0 Å². The molecule has 0 spiro atoms. The summed E-state index contributed by atoms with van der Waals surface area (Å²) in [7, 11) is 0. The highest BCUT2D eigenvalue weighted by molar-refractivity contribution is 5.72. The molecule has 0 radical (unpaired) electrons. The highest BCUT2D eigenvalue weighted by atomic mass is 15.0. The van der Waals surface area contributed by atoms with Crippen LogP contribution in [-0.2, 0) is 6.42 Å². The van der Waals surface area contributed by atoms with Gasteiger partial charge in [-0.25, -0.2) is 9.98 Å². The van der Waals surface area contributed by atoms with E-state index in [1.807, 2.05) is 13.1 Å². The Balaban J connectivity index is 2.60. The molecule has 2 rings (SSSR count). The minimum absolute atomic E-state index is 0.792. The zero-order valence-electron chi connectivity index (χ0n) is 5.70. The Hall–Kier alpha value is -1.25. The molecule has 50 valence electrons. The zero-order chi connectivity index (χ0) is 6.97. The quantitative estimate of drug-likeness (QED) is 0.530. The summed E-state index contributed by atoms with van der Waals surface area (Å²) in [5, 5.41) is 0. The lowest BCUT2D eigenvalue weighted by atomic mass is 10.3. The Kier molecular flexibility index (Phi) is 1.03. The van der Waals surface area contributed by atoms with Crippen molar-refractivity contribution in [1.29, 1.82) is 0 Å². The number of nitrogens with zero attached hydrogens (tertiary/aromatic N) is 3. The number of rotatable bonds is 0. The first kappa shape index (κ1) is 5.53. The second-order valence-corrected chi connectivity index (χ2v) is 2.30. The maximum atomic E-state index is 4.19. The molecule has 1 aliphatic rings. The van der Waals surface area contributed by atoms with Crippen LogP contribution in [0.5, 0.6) is 0 Å². The molecule has 0 atom stereocenters. The van der Waals surface area contributed by atoms with E-state index in [2.05, 4.69) is 15.0 Å². The van der Waals surface area contributed by atoms with Crippen molar-refractivity contribution in [3.63, 3.8) is 0 Å². The average Bonchev–Trinajstić information content (AvgIpc) is 2.33. The van der Waals surface area contributed by atoms with Crippen LogP contribution in [0.25, 0.3) is 0 Å². The van der Waals surface area contributed by atoms with Crippen LogP contribution in [0, 0.1) is 6.92 Å². The van der Waals surface area contributed by atoms with Crippen LogP contribution in [0.1, 0.15) is 11.4 Å². The topological polar surface area (TPSA) is 38.1 Å². The molecule has 3 nitrogen and oxygen atoms in total. The molecule has 1 aliphatic heterocycles. The summed E-state index contributed by atoms with van der Waals surface area (Å²) < 4.78 is 0. The fraction of sp³-hybridized carbons (Fsp3) is 0.286. The molecule has 0 N–H and O–H groups in total. The van der Waals surface area contributed by atoms with E-state index in [4.69, 9.17) is 0 Å². The molecule has 2 heterocycles. The minimum Gasteiger partial charge on any atom is -0.255 e. The molecule has 3 heteroatoms. The Morgan fingerprint density at radius 2 is 2.40 bits per heavy atom. The first-order valence-corrected chi connectivity index (χ1v) is 3.21. The molecule has 1 aromatic heterocycles. The minimum atomic E-state index is 0.792. The number of aryl methyl sites for hydroxylation is 1. The van der Waals surface area contributed by atoms with Crippen molar-refractivity contribution >= 4 is 12.0 Å². The van der Waals surface area contributed by atoms with Crippen molar-refractivity contribution in [3.8, 4) is 0 Å². The van der Waals surface area contributed by atoms with Crippen LogP contribution in [0.15, 0.2) is 11.2 Å². The zero-order valence-corrected chi connectivity index (χ0v) is 5.70. The van der Waals surface area contributed by atoms with E-state index in [0.717, 1.165) is 23.6 Å². The molecule has 0 saturated carbocycles. The van der Waals surface area contributed by atoms with E-state index >= 15 is 0 Å². The summed E-state index contributed by atoms with van der Waals surface area (Å²) >= 11 is 0. The first-order valence-electron chi connectivity index (χ1n) is 3.21. The van der Waals surface area contributed by atoms with Gasteiger partial charge in [0.15, 0.2) is 5.82 Å². The van der Waals surface area contributed by atoms with Gasteiger partial charge in [0.05, 0.1) is 11.4 Å². The number of hydrogen-bond acceptors (Lipinski definition) is 3. The smallest absolute Gasteiger partial charge is 0.174 e. The number of aromatic nitrogens is 2. The van der Waals surface area contributed by atoms with Gasteiger partial charge in [0.25, 0.3) is 0 Å². The molecular weight excluding hydrogens is 126 g/mol. The van der Waals surface area contributed by atoms with Gasteiger partial charge >= 0.3 is 0 Å². The maximum Gasteiger partial charge on any atom is 0.174 e. The second-order valence-electron chi connectivity index (χ2n) is 2.30. The summed E-state index contributed by atoms with van der Waals surface area (Å²) in [5.74, 6) is 0.792. The Labute approximate surface area is 58.9 Å². The Morgan fingerprint density at radius 1 is 1.50 bits per heavy atom. The van der Waals surface area contributed by atoms with Gasteiger partial charge in [-0.15, -0.1) is 0 Å². The summed E-state index contributed by atoms with van der Waals surface area (Å²) in [6, 6.07) is 0. The normalized spacial score (nSPS) is 13.7. The SMILES string of the molecule is Cc1cnc2c(n1)N=CC2. The van der Waals surface area contributed by atoms with E-state index in [1.165, 1.54) is 0 Å². The van der Waals surface area contributed by atoms with Crippen LogP contribution in [0.3, 0.4) is 0 Å². The van der Waals surface area contributed by atoms with Crippen molar-refractivity contribution in [2.24, 2.45) is 4.99 Å². The van der Waals surface area contributed by atoms with Crippen molar-refractivity contribution in [2.45, 2.75) is 13.3 Å². The van der Waals surface area contributed by atoms with Crippen LogP contribution >= 0.6 is 0 Å².